The molecule has 0 bridgehead atoms. The molecule has 1 N–H and O–H groups in total. The van der Waals surface area contributed by atoms with E-state index in [1.807, 2.05) is 31.2 Å². The molecule has 27 heavy (non-hydrogen) atoms. The van der Waals surface area contributed by atoms with E-state index in [4.69, 9.17) is 14.2 Å². The molecule has 0 fully saturated rings. The van der Waals surface area contributed by atoms with Crippen molar-refractivity contribution < 1.29 is 23.8 Å². The Morgan fingerprint density at radius 2 is 1.74 bits per heavy atom. The number of anilines is 1. The van der Waals surface area contributed by atoms with Crippen LogP contribution in [0.2, 0.25) is 0 Å². The Morgan fingerprint density at radius 1 is 1.00 bits per heavy atom. The smallest absolute Gasteiger partial charge is 0.340 e. The summed E-state index contributed by atoms with van der Waals surface area (Å²) in [4.78, 5) is 24.5. The van der Waals surface area contributed by atoms with Crippen LogP contribution in [-0.4, -0.2) is 38.8 Å². The summed E-state index contributed by atoms with van der Waals surface area (Å²) in [5, 5.41) is 2.79. The van der Waals surface area contributed by atoms with Crippen LogP contribution in [0.25, 0.3) is 0 Å². The highest BCUT2D eigenvalue weighted by Gasteiger charge is 2.14. The van der Waals surface area contributed by atoms with Gasteiger partial charge in [-0.3, -0.25) is 4.79 Å². The number of ether oxygens (including phenoxy) is 3. The maximum Gasteiger partial charge on any atom is 0.340 e. The number of para-hydroxylation sites is 1. The topological polar surface area (TPSA) is 73.9 Å². The quantitative estimate of drug-likeness (QED) is 0.511. The molecule has 2 aromatic carbocycles. The van der Waals surface area contributed by atoms with E-state index in [-0.39, 0.29) is 12.5 Å². The fourth-order valence-corrected chi connectivity index (χ4v) is 2.45. The number of hydrogen-bond donors (Lipinski definition) is 1. The number of hydrogen-bond acceptors (Lipinski definition) is 5. The fourth-order valence-electron chi connectivity index (χ4n) is 2.45. The van der Waals surface area contributed by atoms with Crippen LogP contribution in [0, 0.1) is 0 Å². The average molecular weight is 371 g/mol. The molecule has 1 amide bonds. The van der Waals surface area contributed by atoms with Gasteiger partial charge >= 0.3 is 5.97 Å². The maximum atomic E-state index is 12.3. The molecule has 144 valence electrons. The van der Waals surface area contributed by atoms with Crippen molar-refractivity contribution in [3.8, 4) is 5.75 Å². The molecule has 0 aliphatic carbocycles. The van der Waals surface area contributed by atoms with Crippen LogP contribution in [-0.2, 0) is 20.7 Å². The molecule has 0 atom stereocenters. The third-order valence-electron chi connectivity index (χ3n) is 3.89. The molecule has 0 unspecified atom stereocenters. The van der Waals surface area contributed by atoms with E-state index in [2.05, 4.69) is 5.32 Å². The molecule has 0 aromatic heterocycles. The van der Waals surface area contributed by atoms with Gasteiger partial charge in [0.05, 0.1) is 25.0 Å². The number of nitrogens with one attached hydrogen (secondary N) is 1. The van der Waals surface area contributed by atoms with Gasteiger partial charge in [-0.15, -0.1) is 0 Å². The summed E-state index contributed by atoms with van der Waals surface area (Å²) in [6.07, 6.45) is 0.900. The highest BCUT2D eigenvalue weighted by molar-refractivity contribution is 6.01. The van der Waals surface area contributed by atoms with Gasteiger partial charge < -0.3 is 19.5 Å². The Kier molecular flexibility index (Phi) is 8.32. The molecule has 0 heterocycles. The molecular formula is C21H25NO5. The molecule has 0 aliphatic rings. The summed E-state index contributed by atoms with van der Waals surface area (Å²) >= 11 is 0. The minimum Gasteiger partial charge on any atom is -0.497 e. The van der Waals surface area contributed by atoms with Crippen molar-refractivity contribution in [2.45, 2.75) is 19.8 Å². The molecule has 0 saturated carbocycles. The van der Waals surface area contributed by atoms with E-state index in [0.29, 0.717) is 37.3 Å². The summed E-state index contributed by atoms with van der Waals surface area (Å²) in [6, 6.07) is 14.4. The van der Waals surface area contributed by atoms with E-state index >= 15 is 0 Å². The Hall–Kier alpha value is -2.86. The van der Waals surface area contributed by atoms with E-state index in [1.165, 1.54) is 0 Å². The molecule has 0 saturated heterocycles. The van der Waals surface area contributed by atoms with E-state index in [0.717, 1.165) is 11.3 Å². The minimum absolute atomic E-state index is 0.166. The predicted octanol–water partition coefficient (Wildman–Crippen LogP) is 3.46. The van der Waals surface area contributed by atoms with Crippen molar-refractivity contribution in [3.63, 3.8) is 0 Å². The lowest BCUT2D eigenvalue weighted by Crippen LogP contribution is -2.17. The zero-order chi connectivity index (χ0) is 19.5. The van der Waals surface area contributed by atoms with Crippen LogP contribution in [0.1, 0.15) is 29.3 Å². The summed E-state index contributed by atoms with van der Waals surface area (Å²) in [7, 11) is 1.61. The van der Waals surface area contributed by atoms with Crippen LogP contribution in [0.15, 0.2) is 48.5 Å². The molecule has 6 nitrogen and oxygen atoms in total. The highest BCUT2D eigenvalue weighted by Crippen LogP contribution is 2.17. The second-order valence-electron chi connectivity index (χ2n) is 5.77. The highest BCUT2D eigenvalue weighted by atomic mass is 16.6. The zero-order valence-corrected chi connectivity index (χ0v) is 15.7. The fraction of sp³-hybridized carbons (Fsp3) is 0.333. The van der Waals surface area contributed by atoms with Crippen LogP contribution in [0.3, 0.4) is 0 Å². The number of amides is 1. The summed E-state index contributed by atoms with van der Waals surface area (Å²) in [5.74, 6) is 0.126. The molecule has 0 radical (unpaired) electrons. The van der Waals surface area contributed by atoms with Crippen LogP contribution in [0.4, 0.5) is 5.69 Å². The van der Waals surface area contributed by atoms with Gasteiger partial charge in [0.15, 0.2) is 0 Å². The minimum atomic E-state index is -0.485. The summed E-state index contributed by atoms with van der Waals surface area (Å²) in [5.41, 5.74) is 1.81. The van der Waals surface area contributed by atoms with Crippen molar-refractivity contribution in [1.82, 2.24) is 0 Å². The van der Waals surface area contributed by atoms with Crippen molar-refractivity contribution in [3.05, 3.63) is 59.7 Å². The number of rotatable bonds is 10. The molecule has 0 spiro atoms. The number of carbonyl (C=O) groups excluding carboxylic acids is 2. The Bertz CT molecular complexity index is 742. The number of esters is 1. The van der Waals surface area contributed by atoms with Gasteiger partial charge in [-0.1, -0.05) is 24.3 Å². The largest absolute Gasteiger partial charge is 0.497 e. The third kappa shape index (κ3) is 6.75. The SMILES string of the molecule is CCOCCOC(=O)c1ccccc1NC(=O)CCc1ccc(OC)cc1. The van der Waals surface area contributed by atoms with E-state index in [1.54, 1.807) is 31.4 Å². The van der Waals surface area contributed by atoms with Gasteiger partial charge in [0.1, 0.15) is 12.4 Å². The van der Waals surface area contributed by atoms with Gasteiger partial charge in [0.2, 0.25) is 5.91 Å². The zero-order valence-electron chi connectivity index (χ0n) is 15.7. The van der Waals surface area contributed by atoms with Crippen LogP contribution in [0.5, 0.6) is 5.75 Å². The van der Waals surface area contributed by atoms with Crippen LogP contribution >= 0.6 is 0 Å². The Labute approximate surface area is 159 Å². The summed E-state index contributed by atoms with van der Waals surface area (Å²) < 4.78 is 15.4. The Balaban J connectivity index is 1.89. The normalized spacial score (nSPS) is 10.3. The molecule has 2 rings (SSSR count). The second-order valence-corrected chi connectivity index (χ2v) is 5.77. The third-order valence-corrected chi connectivity index (χ3v) is 3.89. The van der Waals surface area contributed by atoms with Crippen molar-refractivity contribution >= 4 is 17.6 Å². The molecular weight excluding hydrogens is 346 g/mol. The van der Waals surface area contributed by atoms with Gasteiger partial charge in [-0.25, -0.2) is 4.79 Å². The van der Waals surface area contributed by atoms with Gasteiger partial charge in [0, 0.05) is 13.0 Å². The van der Waals surface area contributed by atoms with Gasteiger partial charge in [0.25, 0.3) is 0 Å². The number of carbonyl (C=O) groups is 2. The maximum absolute atomic E-state index is 12.3. The van der Waals surface area contributed by atoms with E-state index < -0.39 is 5.97 Å². The van der Waals surface area contributed by atoms with Crippen molar-refractivity contribution in [2.24, 2.45) is 0 Å². The number of benzene rings is 2. The lowest BCUT2D eigenvalue weighted by Gasteiger charge is -2.11. The first-order valence-electron chi connectivity index (χ1n) is 8.90. The molecule has 6 heteroatoms. The van der Waals surface area contributed by atoms with E-state index in [9.17, 15) is 9.59 Å². The monoisotopic (exact) mass is 371 g/mol. The lowest BCUT2D eigenvalue weighted by atomic mass is 10.1. The first-order valence-corrected chi connectivity index (χ1v) is 8.90. The van der Waals surface area contributed by atoms with Crippen molar-refractivity contribution in [2.75, 3.05) is 32.2 Å². The first kappa shape index (κ1) is 20.5. The molecule has 0 aliphatic heterocycles. The number of methoxy groups -OCH3 is 1. The summed E-state index contributed by atoms with van der Waals surface area (Å²) in [6.45, 7) is 2.96. The average Bonchev–Trinajstić information content (AvgIpc) is 2.70. The second kappa shape index (κ2) is 11.0. The predicted molar refractivity (Wildman–Crippen MR) is 103 cm³/mol. The van der Waals surface area contributed by atoms with Crippen molar-refractivity contribution in [1.29, 1.82) is 0 Å². The molecule has 2 aromatic rings. The first-order chi connectivity index (χ1) is 13.1. The van der Waals surface area contributed by atoms with Crippen LogP contribution < -0.4 is 10.1 Å². The van der Waals surface area contributed by atoms with Gasteiger partial charge in [-0.05, 0) is 43.2 Å². The number of aryl methyl sites for hydroxylation is 1. The lowest BCUT2D eigenvalue weighted by molar-refractivity contribution is -0.116. The van der Waals surface area contributed by atoms with Gasteiger partial charge in [-0.2, -0.15) is 0 Å². The standard InChI is InChI=1S/C21H25NO5/c1-3-26-14-15-27-21(24)18-6-4-5-7-19(18)22-20(23)13-10-16-8-11-17(25-2)12-9-16/h4-9,11-12H,3,10,13-15H2,1-2H3,(H,22,23). The Morgan fingerprint density at radius 3 is 2.44 bits per heavy atom.